The number of likely N-dealkylation sites (tertiary alicyclic amines) is 1. The van der Waals surface area contributed by atoms with Gasteiger partial charge in [0, 0.05) is 19.1 Å². The topological polar surface area (TPSA) is 29.3 Å². The summed E-state index contributed by atoms with van der Waals surface area (Å²) in [6.07, 6.45) is 5.48. The Balaban J connectivity index is 1.80. The second-order valence-corrected chi connectivity index (χ2v) is 4.64. The van der Waals surface area contributed by atoms with Crippen molar-refractivity contribution in [1.82, 2.24) is 4.90 Å². The molecule has 0 bridgehead atoms. The number of hydrogen-bond acceptors (Lipinski definition) is 2. The summed E-state index contributed by atoms with van der Waals surface area (Å²) in [5.74, 6) is 0. The Kier molecular flexibility index (Phi) is 2.13. The monoisotopic (exact) mass is 168 g/mol. The Morgan fingerprint density at radius 1 is 1.50 bits per heavy atom. The average molecular weight is 168 g/mol. The van der Waals surface area contributed by atoms with Gasteiger partial charge in [0.25, 0.3) is 0 Å². The standard InChI is InChI=1S/C10H20N2/c1-2-10(4-5-10)8-12-6-3-9(11)7-12/h9H,2-8,11H2,1H3. The van der Waals surface area contributed by atoms with Gasteiger partial charge in [0.05, 0.1) is 0 Å². The molecular weight excluding hydrogens is 148 g/mol. The normalized spacial score (nSPS) is 34.0. The van der Waals surface area contributed by atoms with Crippen LogP contribution in [0.25, 0.3) is 0 Å². The van der Waals surface area contributed by atoms with Gasteiger partial charge in [-0.15, -0.1) is 0 Å². The van der Waals surface area contributed by atoms with Gasteiger partial charge < -0.3 is 10.6 Å². The van der Waals surface area contributed by atoms with Gasteiger partial charge in [0.15, 0.2) is 0 Å². The summed E-state index contributed by atoms with van der Waals surface area (Å²) in [6, 6.07) is 0.456. The summed E-state index contributed by atoms with van der Waals surface area (Å²) in [4.78, 5) is 2.56. The Morgan fingerprint density at radius 3 is 2.67 bits per heavy atom. The van der Waals surface area contributed by atoms with Crippen molar-refractivity contribution >= 4 is 0 Å². The van der Waals surface area contributed by atoms with E-state index in [4.69, 9.17) is 5.73 Å². The molecule has 1 heterocycles. The van der Waals surface area contributed by atoms with Gasteiger partial charge in [-0.2, -0.15) is 0 Å². The fourth-order valence-electron chi connectivity index (χ4n) is 2.28. The lowest BCUT2D eigenvalue weighted by molar-refractivity contribution is 0.256. The molecular formula is C10H20N2. The highest BCUT2D eigenvalue weighted by molar-refractivity contribution is 4.95. The van der Waals surface area contributed by atoms with Crippen molar-refractivity contribution in [2.24, 2.45) is 11.1 Å². The Hall–Kier alpha value is -0.0800. The van der Waals surface area contributed by atoms with Crippen LogP contribution < -0.4 is 5.73 Å². The fourth-order valence-corrected chi connectivity index (χ4v) is 2.28. The van der Waals surface area contributed by atoms with E-state index in [1.54, 1.807) is 0 Å². The molecule has 2 nitrogen and oxygen atoms in total. The molecule has 0 amide bonds. The molecule has 0 aromatic carbocycles. The van der Waals surface area contributed by atoms with E-state index < -0.39 is 0 Å². The minimum Gasteiger partial charge on any atom is -0.326 e. The maximum Gasteiger partial charge on any atom is 0.0180 e. The smallest absolute Gasteiger partial charge is 0.0180 e. The van der Waals surface area contributed by atoms with Crippen LogP contribution in [-0.4, -0.2) is 30.6 Å². The van der Waals surface area contributed by atoms with Crippen molar-refractivity contribution in [2.75, 3.05) is 19.6 Å². The zero-order valence-electron chi connectivity index (χ0n) is 8.05. The van der Waals surface area contributed by atoms with Gasteiger partial charge in [-0.3, -0.25) is 0 Å². The van der Waals surface area contributed by atoms with Crippen molar-refractivity contribution in [2.45, 2.75) is 38.6 Å². The largest absolute Gasteiger partial charge is 0.326 e. The molecule has 1 aliphatic heterocycles. The first-order valence-corrected chi connectivity index (χ1v) is 5.22. The van der Waals surface area contributed by atoms with Crippen molar-refractivity contribution in [3.8, 4) is 0 Å². The van der Waals surface area contributed by atoms with Gasteiger partial charge in [-0.25, -0.2) is 0 Å². The highest BCUT2D eigenvalue weighted by Gasteiger charge is 2.42. The minimum absolute atomic E-state index is 0.456. The van der Waals surface area contributed by atoms with E-state index >= 15 is 0 Å². The first-order valence-electron chi connectivity index (χ1n) is 5.22. The second kappa shape index (κ2) is 3.00. The van der Waals surface area contributed by atoms with Gasteiger partial charge in [0.1, 0.15) is 0 Å². The molecule has 2 heteroatoms. The molecule has 0 spiro atoms. The summed E-state index contributed by atoms with van der Waals surface area (Å²) in [7, 11) is 0. The number of hydrogen-bond donors (Lipinski definition) is 1. The third-order valence-electron chi connectivity index (χ3n) is 3.57. The Labute approximate surface area is 75.1 Å². The predicted molar refractivity (Wildman–Crippen MR) is 51.0 cm³/mol. The lowest BCUT2D eigenvalue weighted by Crippen LogP contribution is -2.31. The molecule has 1 saturated carbocycles. The quantitative estimate of drug-likeness (QED) is 0.686. The zero-order valence-corrected chi connectivity index (χ0v) is 8.05. The molecule has 2 rings (SSSR count). The number of rotatable bonds is 3. The summed E-state index contributed by atoms with van der Waals surface area (Å²) in [5.41, 5.74) is 6.58. The van der Waals surface area contributed by atoms with Crippen LogP contribution in [0.4, 0.5) is 0 Å². The minimum atomic E-state index is 0.456. The first-order chi connectivity index (χ1) is 5.74. The van der Waals surface area contributed by atoms with Crippen LogP contribution in [0.15, 0.2) is 0 Å². The molecule has 70 valence electrons. The van der Waals surface area contributed by atoms with Gasteiger partial charge >= 0.3 is 0 Å². The van der Waals surface area contributed by atoms with E-state index in [2.05, 4.69) is 11.8 Å². The fraction of sp³-hybridized carbons (Fsp3) is 1.00. The molecule has 2 N–H and O–H groups in total. The van der Waals surface area contributed by atoms with Gasteiger partial charge in [-0.1, -0.05) is 6.92 Å². The van der Waals surface area contributed by atoms with E-state index in [1.165, 1.54) is 38.8 Å². The van der Waals surface area contributed by atoms with E-state index in [0.717, 1.165) is 6.54 Å². The maximum absolute atomic E-state index is 5.86. The molecule has 0 aromatic rings. The highest BCUT2D eigenvalue weighted by Crippen LogP contribution is 2.49. The summed E-state index contributed by atoms with van der Waals surface area (Å²) >= 11 is 0. The summed E-state index contributed by atoms with van der Waals surface area (Å²) in [6.45, 7) is 6.02. The predicted octanol–water partition coefficient (Wildman–Crippen LogP) is 1.21. The number of nitrogens with two attached hydrogens (primary N) is 1. The molecule has 1 saturated heterocycles. The first kappa shape index (κ1) is 8.52. The van der Waals surface area contributed by atoms with Crippen LogP contribution in [-0.2, 0) is 0 Å². The molecule has 0 aromatic heterocycles. The van der Waals surface area contributed by atoms with E-state index in [9.17, 15) is 0 Å². The van der Waals surface area contributed by atoms with Crippen molar-refractivity contribution in [3.05, 3.63) is 0 Å². The lowest BCUT2D eigenvalue weighted by Gasteiger charge is -2.21. The molecule has 1 atom stereocenters. The van der Waals surface area contributed by atoms with E-state index in [1.807, 2.05) is 0 Å². The second-order valence-electron chi connectivity index (χ2n) is 4.64. The SMILES string of the molecule is CCC1(CN2CCC(N)C2)CC1. The van der Waals surface area contributed by atoms with Crippen molar-refractivity contribution in [1.29, 1.82) is 0 Å². The maximum atomic E-state index is 5.86. The van der Waals surface area contributed by atoms with Crippen molar-refractivity contribution in [3.63, 3.8) is 0 Å². The Bertz CT molecular complexity index is 163. The van der Waals surface area contributed by atoms with Crippen LogP contribution in [0.3, 0.4) is 0 Å². The molecule has 1 unspecified atom stereocenters. The van der Waals surface area contributed by atoms with E-state index in [-0.39, 0.29) is 0 Å². The highest BCUT2D eigenvalue weighted by atomic mass is 15.2. The summed E-state index contributed by atoms with van der Waals surface area (Å²) in [5, 5.41) is 0. The third-order valence-corrected chi connectivity index (χ3v) is 3.57. The average Bonchev–Trinajstić information content (AvgIpc) is 2.71. The van der Waals surface area contributed by atoms with E-state index in [0.29, 0.717) is 11.5 Å². The summed E-state index contributed by atoms with van der Waals surface area (Å²) < 4.78 is 0. The molecule has 1 aliphatic carbocycles. The van der Waals surface area contributed by atoms with Crippen LogP contribution >= 0.6 is 0 Å². The number of nitrogens with zero attached hydrogens (tertiary/aromatic N) is 1. The van der Waals surface area contributed by atoms with Gasteiger partial charge in [-0.05, 0) is 37.6 Å². The lowest BCUT2D eigenvalue weighted by atomic mass is 10.0. The molecule has 2 fully saturated rings. The third kappa shape index (κ3) is 1.64. The molecule has 12 heavy (non-hydrogen) atoms. The molecule has 0 radical (unpaired) electrons. The zero-order chi connectivity index (χ0) is 8.60. The van der Waals surface area contributed by atoms with Gasteiger partial charge in [0.2, 0.25) is 0 Å². The van der Waals surface area contributed by atoms with Crippen LogP contribution in [0.2, 0.25) is 0 Å². The Morgan fingerprint density at radius 2 is 2.25 bits per heavy atom. The van der Waals surface area contributed by atoms with Crippen LogP contribution in [0.1, 0.15) is 32.6 Å². The van der Waals surface area contributed by atoms with Crippen LogP contribution in [0, 0.1) is 5.41 Å². The van der Waals surface area contributed by atoms with Crippen LogP contribution in [0.5, 0.6) is 0 Å². The van der Waals surface area contributed by atoms with Crippen molar-refractivity contribution < 1.29 is 0 Å². The molecule has 2 aliphatic rings.